The number of nitrogens with zero attached hydrogens (tertiary/aromatic N) is 1. The second kappa shape index (κ2) is 9.59. The van der Waals surface area contributed by atoms with Gasteiger partial charge < -0.3 is 10.1 Å². The van der Waals surface area contributed by atoms with Gasteiger partial charge in [0.25, 0.3) is 5.69 Å². The van der Waals surface area contributed by atoms with Crippen LogP contribution in [0.5, 0.6) is 5.75 Å². The number of esters is 1. The van der Waals surface area contributed by atoms with Crippen molar-refractivity contribution in [2.24, 2.45) is 5.14 Å². The molecule has 4 aromatic carbocycles. The van der Waals surface area contributed by atoms with Crippen molar-refractivity contribution in [2.75, 3.05) is 5.32 Å². The zero-order valence-corrected chi connectivity index (χ0v) is 21.9. The summed E-state index contributed by atoms with van der Waals surface area (Å²) in [7, 11) is -8.64. The zero-order chi connectivity index (χ0) is 28.1. The lowest BCUT2D eigenvalue weighted by molar-refractivity contribution is -0.384. The van der Waals surface area contributed by atoms with Crippen LogP contribution in [-0.4, -0.2) is 27.7 Å². The van der Waals surface area contributed by atoms with Crippen molar-refractivity contribution in [1.82, 2.24) is 4.72 Å². The molecule has 0 fully saturated rings. The van der Waals surface area contributed by atoms with Crippen LogP contribution in [0.1, 0.15) is 22.1 Å². The highest BCUT2D eigenvalue weighted by Gasteiger charge is 2.35. The number of fused-ring (bicyclic) bond motifs is 2. The van der Waals surface area contributed by atoms with E-state index in [2.05, 4.69) is 10.0 Å². The van der Waals surface area contributed by atoms with Crippen molar-refractivity contribution in [3.63, 3.8) is 0 Å². The lowest BCUT2D eigenvalue weighted by atomic mass is 10.0. The van der Waals surface area contributed by atoms with E-state index in [9.17, 15) is 31.7 Å². The highest BCUT2D eigenvalue weighted by molar-refractivity contribution is 7.90. The number of sulfonamides is 2. The number of anilines is 1. The first-order valence-corrected chi connectivity index (χ1v) is 14.4. The molecule has 0 saturated heterocycles. The Bertz CT molecular complexity index is 1910. The molecule has 0 amide bonds. The van der Waals surface area contributed by atoms with E-state index in [0.717, 1.165) is 18.2 Å². The number of nitro groups is 1. The minimum atomic E-state index is -4.33. The van der Waals surface area contributed by atoms with Gasteiger partial charge in [0.05, 0.1) is 21.2 Å². The number of carbonyl (C=O) groups is 1. The summed E-state index contributed by atoms with van der Waals surface area (Å²) in [5, 5.41) is 20.2. The Kier molecular flexibility index (Phi) is 6.52. The van der Waals surface area contributed by atoms with Gasteiger partial charge in [0.15, 0.2) is 0 Å². The van der Waals surface area contributed by atoms with Crippen LogP contribution in [0.15, 0.2) is 82.6 Å². The van der Waals surface area contributed by atoms with Gasteiger partial charge >= 0.3 is 5.97 Å². The number of primary sulfonamides is 1. The third-order valence-corrected chi connectivity index (χ3v) is 8.76. The molecule has 200 valence electrons. The van der Waals surface area contributed by atoms with Crippen LogP contribution in [0.25, 0.3) is 10.8 Å². The fraction of sp³-hybridized carbons (Fsp3) is 0.0417. The summed E-state index contributed by atoms with van der Waals surface area (Å²) in [5.74, 6) is -0.934. The fourth-order valence-corrected chi connectivity index (χ4v) is 6.66. The highest BCUT2D eigenvalue weighted by Crippen LogP contribution is 2.41. The number of nitrogens with one attached hydrogen (secondary N) is 2. The molecule has 12 nitrogen and oxygen atoms in total. The second-order valence-electron chi connectivity index (χ2n) is 8.42. The molecule has 0 aliphatic carbocycles. The Balaban J connectivity index is 1.62. The van der Waals surface area contributed by atoms with Crippen LogP contribution in [0, 0.1) is 10.1 Å². The summed E-state index contributed by atoms with van der Waals surface area (Å²) in [4.78, 5) is 22.5. The molecule has 1 atom stereocenters. The van der Waals surface area contributed by atoms with Gasteiger partial charge in [-0.05, 0) is 35.0 Å². The molecule has 1 aliphatic rings. The molecule has 4 N–H and O–H groups in total. The molecule has 0 spiro atoms. The maximum absolute atomic E-state index is 13.2. The minimum Gasteiger partial charge on any atom is -0.422 e. The van der Waals surface area contributed by atoms with Crippen LogP contribution in [0.4, 0.5) is 11.4 Å². The van der Waals surface area contributed by atoms with Gasteiger partial charge in [-0.3, -0.25) is 10.1 Å². The molecule has 39 heavy (non-hydrogen) atoms. The number of rotatable bonds is 5. The van der Waals surface area contributed by atoms with Crippen LogP contribution >= 0.6 is 11.6 Å². The van der Waals surface area contributed by atoms with E-state index in [1.54, 1.807) is 30.3 Å². The number of halogens is 1. The number of benzene rings is 4. The Morgan fingerprint density at radius 3 is 2.51 bits per heavy atom. The van der Waals surface area contributed by atoms with Gasteiger partial charge in [-0.2, -0.15) is 4.72 Å². The lowest BCUT2D eigenvalue weighted by Crippen LogP contribution is -2.39. The predicted molar refractivity (Wildman–Crippen MR) is 142 cm³/mol. The molecule has 15 heteroatoms. The highest BCUT2D eigenvalue weighted by atomic mass is 35.5. The topological polar surface area (TPSA) is 188 Å². The van der Waals surface area contributed by atoms with Gasteiger partial charge in [0, 0.05) is 17.7 Å². The van der Waals surface area contributed by atoms with Crippen molar-refractivity contribution in [1.29, 1.82) is 0 Å². The van der Waals surface area contributed by atoms with Crippen LogP contribution < -0.4 is 19.9 Å². The number of nitro benzene ring substituents is 1. The molecule has 1 aliphatic heterocycles. The standard InChI is InChI=1S/C24H17ClN4O8S2/c25-17-11-18-21(12-20(17)38(26,33)34)39(35,36)28-23(27-18)22-16-7-2-1-4-13(16)8-9-19(22)37-24(30)14-5-3-6-15(10-14)29(31)32/h1-12,23,27-28H,(H2,26,33,34). The van der Waals surface area contributed by atoms with E-state index in [0.29, 0.717) is 10.8 Å². The first-order valence-electron chi connectivity index (χ1n) is 11.0. The van der Waals surface area contributed by atoms with Gasteiger partial charge in [0.2, 0.25) is 20.0 Å². The van der Waals surface area contributed by atoms with Crippen LogP contribution in [0.3, 0.4) is 0 Å². The summed E-state index contributed by atoms with van der Waals surface area (Å²) in [6, 6.07) is 17.0. The quantitative estimate of drug-likeness (QED) is 0.135. The molecule has 0 radical (unpaired) electrons. The summed E-state index contributed by atoms with van der Waals surface area (Å²) >= 11 is 6.10. The number of hydrogen-bond donors (Lipinski definition) is 3. The SMILES string of the molecule is NS(=O)(=O)c1cc2c(cc1Cl)NC(c1c(OC(=O)c3cccc([N+](=O)[O-])c3)ccc3ccccc13)NS2(=O)=O. The van der Waals surface area contributed by atoms with Gasteiger partial charge in [-0.25, -0.2) is 26.8 Å². The lowest BCUT2D eigenvalue weighted by Gasteiger charge is -2.30. The minimum absolute atomic E-state index is 0.0138. The van der Waals surface area contributed by atoms with Gasteiger partial charge in [-0.1, -0.05) is 48.0 Å². The molecule has 0 bridgehead atoms. The predicted octanol–water partition coefficient (Wildman–Crippen LogP) is 3.67. The van der Waals surface area contributed by atoms with E-state index < -0.39 is 46.9 Å². The van der Waals surface area contributed by atoms with Crippen LogP contribution in [0.2, 0.25) is 5.02 Å². The average Bonchev–Trinajstić information content (AvgIpc) is 2.87. The van der Waals surface area contributed by atoms with Crippen molar-refractivity contribution < 1.29 is 31.3 Å². The third-order valence-electron chi connectivity index (χ3n) is 5.92. The van der Waals surface area contributed by atoms with E-state index >= 15 is 0 Å². The number of ether oxygens (including phenoxy) is 1. The van der Waals surface area contributed by atoms with E-state index in [-0.39, 0.29) is 33.3 Å². The Hall–Kier alpha value is -4.08. The first-order chi connectivity index (χ1) is 18.3. The monoisotopic (exact) mass is 588 g/mol. The maximum Gasteiger partial charge on any atom is 0.343 e. The summed E-state index contributed by atoms with van der Waals surface area (Å²) in [6.07, 6.45) is -1.20. The maximum atomic E-state index is 13.2. The normalized spacial score (nSPS) is 16.2. The number of carbonyl (C=O) groups excluding carboxylic acids is 1. The van der Waals surface area contributed by atoms with E-state index in [4.69, 9.17) is 21.5 Å². The van der Waals surface area contributed by atoms with Crippen molar-refractivity contribution >= 4 is 59.8 Å². The largest absolute Gasteiger partial charge is 0.422 e. The summed E-state index contributed by atoms with van der Waals surface area (Å²) in [6.45, 7) is 0. The van der Waals surface area contributed by atoms with Crippen molar-refractivity contribution in [2.45, 2.75) is 16.0 Å². The van der Waals surface area contributed by atoms with Gasteiger partial charge in [-0.15, -0.1) is 0 Å². The molecule has 1 unspecified atom stereocenters. The second-order valence-corrected chi connectivity index (χ2v) is 12.0. The number of nitrogens with two attached hydrogens (primary N) is 1. The summed E-state index contributed by atoms with van der Waals surface area (Å²) in [5.41, 5.74) is -0.182. The molecule has 0 aromatic heterocycles. The molecule has 4 aromatic rings. The summed E-state index contributed by atoms with van der Waals surface area (Å²) < 4.78 is 58.3. The van der Waals surface area contributed by atoms with Crippen LogP contribution in [-0.2, 0) is 20.0 Å². The first kappa shape index (κ1) is 26.5. The molecule has 5 rings (SSSR count). The third kappa shape index (κ3) is 5.03. The van der Waals surface area contributed by atoms with E-state index in [1.807, 2.05) is 0 Å². The average molecular weight is 589 g/mol. The van der Waals surface area contributed by atoms with Crippen molar-refractivity contribution in [3.8, 4) is 5.75 Å². The number of non-ortho nitro benzene ring substituents is 1. The molecule has 0 saturated carbocycles. The fourth-order valence-electron chi connectivity index (χ4n) is 4.19. The number of hydrogen-bond acceptors (Lipinski definition) is 9. The molecular weight excluding hydrogens is 572 g/mol. The molecular formula is C24H17ClN4O8S2. The van der Waals surface area contributed by atoms with E-state index in [1.165, 1.54) is 24.3 Å². The Morgan fingerprint density at radius 1 is 1.05 bits per heavy atom. The molecule has 1 heterocycles. The Morgan fingerprint density at radius 2 is 1.79 bits per heavy atom. The van der Waals surface area contributed by atoms with Crippen molar-refractivity contribution in [3.05, 3.63) is 99.1 Å². The Labute approximate surface area is 226 Å². The smallest absolute Gasteiger partial charge is 0.343 e. The zero-order valence-electron chi connectivity index (χ0n) is 19.5. The van der Waals surface area contributed by atoms with Gasteiger partial charge in [0.1, 0.15) is 21.7 Å².